The quantitative estimate of drug-likeness (QED) is 0.853. The zero-order valence-electron chi connectivity index (χ0n) is 11.8. The average molecular weight is 287 g/mol. The minimum atomic E-state index is -1.16. The van der Waals surface area contributed by atoms with E-state index in [0.717, 1.165) is 12.2 Å². The lowest BCUT2D eigenvalue weighted by Crippen LogP contribution is -2.26. The van der Waals surface area contributed by atoms with Gasteiger partial charge in [0.2, 0.25) is 5.16 Å². The van der Waals surface area contributed by atoms with Crippen molar-refractivity contribution in [1.29, 1.82) is 0 Å². The van der Waals surface area contributed by atoms with E-state index in [-0.39, 0.29) is 5.41 Å². The number of aromatic nitrogens is 3. The summed E-state index contributed by atoms with van der Waals surface area (Å²) in [7, 11) is -1.16. The van der Waals surface area contributed by atoms with E-state index in [1.807, 2.05) is 29.0 Å². The van der Waals surface area contributed by atoms with Gasteiger partial charge in [0, 0.05) is 12.5 Å². The SMILES string of the molecule is CCC1(C)c2ccccc2C=Cn2c(S(C)=O)nnc21. The van der Waals surface area contributed by atoms with E-state index in [1.54, 1.807) is 6.26 Å². The van der Waals surface area contributed by atoms with Crippen molar-refractivity contribution in [3.05, 3.63) is 41.2 Å². The number of benzene rings is 1. The van der Waals surface area contributed by atoms with Gasteiger partial charge in [-0.15, -0.1) is 10.2 Å². The van der Waals surface area contributed by atoms with Crippen LogP contribution in [-0.4, -0.2) is 25.2 Å². The van der Waals surface area contributed by atoms with Crippen molar-refractivity contribution in [1.82, 2.24) is 14.8 Å². The summed E-state index contributed by atoms with van der Waals surface area (Å²) in [6.45, 7) is 4.31. The second-order valence-electron chi connectivity index (χ2n) is 5.22. The predicted octanol–water partition coefficient (Wildman–Crippen LogP) is 2.67. The molecule has 1 aliphatic rings. The summed E-state index contributed by atoms with van der Waals surface area (Å²) in [5, 5.41) is 8.95. The normalized spacial score (nSPS) is 21.9. The van der Waals surface area contributed by atoms with Crippen LogP contribution >= 0.6 is 0 Å². The van der Waals surface area contributed by atoms with E-state index in [1.165, 1.54) is 11.1 Å². The summed E-state index contributed by atoms with van der Waals surface area (Å²) in [6, 6.07) is 8.31. The molecule has 0 aliphatic carbocycles. The lowest BCUT2D eigenvalue weighted by Gasteiger charge is -2.27. The Labute approximate surface area is 121 Å². The lowest BCUT2D eigenvalue weighted by atomic mass is 9.77. The fraction of sp³-hybridized carbons (Fsp3) is 0.333. The Hall–Kier alpha value is -1.75. The minimum Gasteiger partial charge on any atom is -0.278 e. The average Bonchev–Trinajstić information content (AvgIpc) is 2.84. The molecule has 0 saturated heterocycles. The van der Waals surface area contributed by atoms with E-state index in [4.69, 9.17) is 0 Å². The first kappa shape index (κ1) is 13.2. The molecule has 1 aromatic carbocycles. The van der Waals surface area contributed by atoms with Gasteiger partial charge in [-0.1, -0.05) is 31.2 Å². The van der Waals surface area contributed by atoms with Crippen molar-refractivity contribution in [2.45, 2.75) is 30.8 Å². The van der Waals surface area contributed by atoms with Crippen LogP contribution in [-0.2, 0) is 16.2 Å². The summed E-state index contributed by atoms with van der Waals surface area (Å²) >= 11 is 0. The van der Waals surface area contributed by atoms with Crippen molar-refractivity contribution >= 4 is 23.1 Å². The molecule has 3 rings (SSSR count). The Bertz CT molecular complexity index is 720. The number of rotatable bonds is 2. The van der Waals surface area contributed by atoms with Crippen LogP contribution < -0.4 is 0 Å². The molecule has 0 bridgehead atoms. The maximum atomic E-state index is 11.8. The largest absolute Gasteiger partial charge is 0.278 e. The second-order valence-corrected chi connectivity index (χ2v) is 6.49. The van der Waals surface area contributed by atoms with Crippen molar-refractivity contribution in [2.75, 3.05) is 6.26 Å². The maximum Gasteiger partial charge on any atom is 0.225 e. The first-order chi connectivity index (χ1) is 9.58. The van der Waals surface area contributed by atoms with Gasteiger partial charge in [-0.25, -0.2) is 0 Å². The lowest BCUT2D eigenvalue weighted by molar-refractivity contribution is 0.505. The third kappa shape index (κ3) is 1.77. The Kier molecular flexibility index (Phi) is 3.09. The van der Waals surface area contributed by atoms with Crippen LogP contribution in [0.25, 0.3) is 12.3 Å². The van der Waals surface area contributed by atoms with Gasteiger partial charge in [0.1, 0.15) is 5.82 Å². The molecule has 1 aromatic heterocycles. The minimum absolute atomic E-state index is 0.231. The van der Waals surface area contributed by atoms with Crippen molar-refractivity contribution in [3.8, 4) is 0 Å². The topological polar surface area (TPSA) is 47.8 Å². The second kappa shape index (κ2) is 4.66. The molecule has 104 valence electrons. The van der Waals surface area contributed by atoms with Gasteiger partial charge >= 0.3 is 0 Å². The fourth-order valence-corrected chi connectivity index (χ4v) is 3.33. The van der Waals surface area contributed by atoms with Crippen LogP contribution in [0.5, 0.6) is 0 Å². The maximum absolute atomic E-state index is 11.8. The summed E-state index contributed by atoms with van der Waals surface area (Å²) in [6.07, 6.45) is 6.50. The molecular weight excluding hydrogens is 270 g/mol. The van der Waals surface area contributed by atoms with E-state index < -0.39 is 10.8 Å². The molecule has 4 nitrogen and oxygen atoms in total. The molecule has 2 unspecified atom stereocenters. The van der Waals surface area contributed by atoms with Crippen LogP contribution in [0, 0.1) is 0 Å². The van der Waals surface area contributed by atoms with Crippen LogP contribution in [0.15, 0.2) is 29.4 Å². The van der Waals surface area contributed by atoms with Crippen molar-refractivity contribution in [2.24, 2.45) is 0 Å². The van der Waals surface area contributed by atoms with Crippen LogP contribution in [0.4, 0.5) is 0 Å². The molecule has 0 amide bonds. The van der Waals surface area contributed by atoms with Crippen LogP contribution in [0.1, 0.15) is 37.2 Å². The molecule has 2 aromatic rings. The Balaban J connectivity index is 2.33. The van der Waals surface area contributed by atoms with Gasteiger partial charge in [0.05, 0.1) is 16.2 Å². The summed E-state index contributed by atoms with van der Waals surface area (Å²) in [5.74, 6) is 0.853. The van der Waals surface area contributed by atoms with Gasteiger partial charge < -0.3 is 0 Å². The van der Waals surface area contributed by atoms with Gasteiger partial charge in [-0.05, 0) is 30.5 Å². The molecule has 1 aliphatic heterocycles. The van der Waals surface area contributed by atoms with Crippen molar-refractivity contribution < 1.29 is 4.21 Å². The summed E-state index contributed by atoms with van der Waals surface area (Å²) < 4.78 is 13.7. The van der Waals surface area contributed by atoms with E-state index in [2.05, 4.69) is 36.2 Å². The van der Waals surface area contributed by atoms with Crippen LogP contribution in [0.2, 0.25) is 0 Å². The van der Waals surface area contributed by atoms with Gasteiger partial charge in [0.25, 0.3) is 0 Å². The monoisotopic (exact) mass is 287 g/mol. The number of hydrogen-bond donors (Lipinski definition) is 0. The molecule has 0 N–H and O–H groups in total. The molecule has 0 radical (unpaired) electrons. The van der Waals surface area contributed by atoms with E-state index in [9.17, 15) is 4.21 Å². The summed E-state index contributed by atoms with van der Waals surface area (Å²) in [5.41, 5.74) is 2.18. The molecule has 0 saturated carbocycles. The fourth-order valence-electron chi connectivity index (χ4n) is 2.75. The molecule has 0 fully saturated rings. The van der Waals surface area contributed by atoms with Crippen molar-refractivity contribution in [3.63, 3.8) is 0 Å². The summed E-state index contributed by atoms with van der Waals surface area (Å²) in [4.78, 5) is 0. The number of hydrogen-bond acceptors (Lipinski definition) is 3. The molecule has 20 heavy (non-hydrogen) atoms. The molecule has 5 heteroatoms. The standard InChI is InChI=1S/C15H17N3OS/c1-4-15(2)12-8-6-5-7-11(12)9-10-18-13(15)16-17-14(18)20(3)19/h5-10H,4H2,1-3H3. The molecule has 2 atom stereocenters. The first-order valence-corrected chi connectivity index (χ1v) is 8.20. The van der Waals surface area contributed by atoms with Gasteiger partial charge in [-0.2, -0.15) is 0 Å². The molecule has 2 heterocycles. The molecule has 0 spiro atoms. The van der Waals surface area contributed by atoms with Gasteiger partial charge in [0.15, 0.2) is 0 Å². The van der Waals surface area contributed by atoms with E-state index >= 15 is 0 Å². The zero-order valence-corrected chi connectivity index (χ0v) is 12.6. The Morgan fingerprint density at radius 3 is 2.75 bits per heavy atom. The van der Waals surface area contributed by atoms with Gasteiger partial charge in [-0.3, -0.25) is 8.78 Å². The Morgan fingerprint density at radius 1 is 1.30 bits per heavy atom. The highest BCUT2D eigenvalue weighted by atomic mass is 32.2. The first-order valence-electron chi connectivity index (χ1n) is 6.64. The van der Waals surface area contributed by atoms with E-state index in [0.29, 0.717) is 5.16 Å². The number of nitrogens with zero attached hydrogens (tertiary/aromatic N) is 3. The zero-order chi connectivity index (χ0) is 14.3. The van der Waals surface area contributed by atoms with Crippen LogP contribution in [0.3, 0.4) is 0 Å². The highest BCUT2D eigenvalue weighted by molar-refractivity contribution is 7.84. The Morgan fingerprint density at radius 2 is 2.05 bits per heavy atom. The third-order valence-electron chi connectivity index (χ3n) is 4.08. The molecular formula is C15H17N3OS. The number of fused-ring (bicyclic) bond motifs is 2. The highest BCUT2D eigenvalue weighted by Gasteiger charge is 2.36. The highest BCUT2D eigenvalue weighted by Crippen LogP contribution is 2.39. The third-order valence-corrected chi connectivity index (χ3v) is 4.87. The predicted molar refractivity (Wildman–Crippen MR) is 80.8 cm³/mol. The smallest absolute Gasteiger partial charge is 0.225 e.